The Balaban J connectivity index is 0.000000342. The number of ether oxygens (including phenoxy) is 1. The summed E-state index contributed by atoms with van der Waals surface area (Å²) in [6, 6.07) is 6.21. The van der Waals surface area contributed by atoms with Crippen LogP contribution in [-0.4, -0.2) is 35.3 Å². The van der Waals surface area contributed by atoms with Crippen LogP contribution in [0.1, 0.15) is 12.8 Å². The van der Waals surface area contributed by atoms with Gasteiger partial charge in [-0.15, -0.1) is 0 Å². The van der Waals surface area contributed by atoms with Gasteiger partial charge in [-0.05, 0) is 30.7 Å². The van der Waals surface area contributed by atoms with Crippen molar-refractivity contribution < 1.29 is 24.5 Å². The highest BCUT2D eigenvalue weighted by Gasteiger charge is 2.12. The lowest BCUT2D eigenvalue weighted by molar-refractivity contribution is -0.139. The average molecular weight is 270 g/mol. The SMILES string of the molecule is COc1ccc(N)cc1.N[C@@H](CCC(=O)O)C(=O)O. The predicted molar refractivity (Wildman–Crippen MR) is 69.9 cm³/mol. The molecule has 0 bridgehead atoms. The van der Waals surface area contributed by atoms with E-state index in [0.717, 1.165) is 11.4 Å². The maximum Gasteiger partial charge on any atom is 0.320 e. The maximum atomic E-state index is 9.99. The summed E-state index contributed by atoms with van der Waals surface area (Å²) in [7, 11) is 1.63. The van der Waals surface area contributed by atoms with E-state index in [1.165, 1.54) is 0 Å². The third-order valence-electron chi connectivity index (χ3n) is 2.10. The Morgan fingerprint density at radius 2 is 1.79 bits per heavy atom. The lowest BCUT2D eigenvalue weighted by atomic mass is 10.2. The minimum Gasteiger partial charge on any atom is -0.497 e. The Morgan fingerprint density at radius 3 is 2.16 bits per heavy atom. The molecule has 7 nitrogen and oxygen atoms in total. The van der Waals surface area contributed by atoms with Crippen LogP contribution in [0.3, 0.4) is 0 Å². The summed E-state index contributed by atoms with van der Waals surface area (Å²) in [5.74, 6) is -1.36. The highest BCUT2D eigenvalue weighted by molar-refractivity contribution is 5.74. The van der Waals surface area contributed by atoms with E-state index >= 15 is 0 Å². The Morgan fingerprint density at radius 1 is 1.26 bits per heavy atom. The van der Waals surface area contributed by atoms with Gasteiger partial charge in [-0.1, -0.05) is 0 Å². The smallest absolute Gasteiger partial charge is 0.320 e. The highest BCUT2D eigenvalue weighted by Crippen LogP contribution is 2.11. The van der Waals surface area contributed by atoms with Gasteiger partial charge in [-0.2, -0.15) is 0 Å². The first-order valence-electron chi connectivity index (χ1n) is 5.46. The van der Waals surface area contributed by atoms with Gasteiger partial charge in [-0.25, -0.2) is 0 Å². The van der Waals surface area contributed by atoms with Crippen molar-refractivity contribution in [2.24, 2.45) is 5.73 Å². The molecule has 7 heteroatoms. The predicted octanol–water partition coefficient (Wildman–Crippen LogP) is 0.541. The zero-order valence-corrected chi connectivity index (χ0v) is 10.6. The number of carboxylic acid groups (broad SMARTS) is 2. The molecule has 0 radical (unpaired) electrons. The van der Waals surface area contributed by atoms with Crippen molar-refractivity contribution in [3.05, 3.63) is 24.3 Å². The fourth-order valence-electron chi connectivity index (χ4n) is 1.01. The van der Waals surface area contributed by atoms with E-state index in [0.29, 0.717) is 0 Å². The molecule has 0 aliphatic carbocycles. The molecular weight excluding hydrogens is 252 g/mol. The number of carboxylic acids is 2. The lowest BCUT2D eigenvalue weighted by Gasteiger charge is -2.01. The van der Waals surface area contributed by atoms with E-state index in [2.05, 4.69) is 0 Å². The van der Waals surface area contributed by atoms with Crippen molar-refractivity contribution in [3.8, 4) is 5.75 Å². The van der Waals surface area contributed by atoms with Gasteiger partial charge in [0.15, 0.2) is 0 Å². The molecule has 1 aromatic carbocycles. The van der Waals surface area contributed by atoms with E-state index in [-0.39, 0.29) is 12.8 Å². The molecule has 0 saturated carbocycles. The van der Waals surface area contributed by atoms with Crippen LogP contribution in [0.2, 0.25) is 0 Å². The largest absolute Gasteiger partial charge is 0.497 e. The van der Waals surface area contributed by atoms with E-state index in [1.54, 1.807) is 19.2 Å². The molecule has 0 saturated heterocycles. The third kappa shape index (κ3) is 8.44. The van der Waals surface area contributed by atoms with E-state index in [1.807, 2.05) is 12.1 Å². The number of methoxy groups -OCH3 is 1. The number of hydrogen-bond acceptors (Lipinski definition) is 5. The van der Waals surface area contributed by atoms with Gasteiger partial charge < -0.3 is 26.4 Å². The summed E-state index contributed by atoms with van der Waals surface area (Å²) in [6.07, 6.45) is -0.224. The fraction of sp³-hybridized carbons (Fsp3) is 0.333. The van der Waals surface area contributed by atoms with Crippen LogP contribution < -0.4 is 16.2 Å². The van der Waals surface area contributed by atoms with Crippen molar-refractivity contribution in [1.29, 1.82) is 0 Å². The molecule has 0 amide bonds. The second-order valence-electron chi connectivity index (χ2n) is 3.65. The van der Waals surface area contributed by atoms with Crippen LogP contribution in [-0.2, 0) is 9.59 Å². The quantitative estimate of drug-likeness (QED) is 0.573. The maximum absolute atomic E-state index is 9.99. The molecule has 1 rings (SSSR count). The molecule has 0 aliphatic rings. The zero-order chi connectivity index (χ0) is 14.8. The Bertz CT molecular complexity index is 405. The van der Waals surface area contributed by atoms with Gasteiger partial charge in [0.1, 0.15) is 11.8 Å². The summed E-state index contributed by atoms with van der Waals surface area (Å²) in [5, 5.41) is 16.3. The Labute approximate surface area is 110 Å². The number of hydrogen-bond donors (Lipinski definition) is 4. The van der Waals surface area contributed by atoms with Gasteiger partial charge in [0, 0.05) is 12.1 Å². The standard InChI is InChI=1S/C7H9NO.C5H9NO4/c1-9-7-4-2-6(8)3-5-7;6-3(5(9)10)1-2-4(7)8/h2-5H,8H2,1H3;3H,1-2,6H2,(H,7,8)(H,9,10)/t;3-/m.0/s1. The van der Waals surface area contributed by atoms with Crippen LogP contribution in [0.5, 0.6) is 5.75 Å². The first kappa shape index (κ1) is 16.7. The second kappa shape index (κ2) is 8.76. The van der Waals surface area contributed by atoms with Crippen molar-refractivity contribution in [2.45, 2.75) is 18.9 Å². The minimum absolute atomic E-state index is 0.0231. The van der Waals surface area contributed by atoms with E-state index in [9.17, 15) is 9.59 Å². The molecule has 0 heterocycles. The molecule has 6 N–H and O–H groups in total. The molecular formula is C12H18N2O5. The molecule has 0 aromatic heterocycles. The normalized spacial score (nSPS) is 10.8. The van der Waals surface area contributed by atoms with Crippen LogP contribution >= 0.6 is 0 Å². The van der Waals surface area contributed by atoms with Crippen LogP contribution in [0.4, 0.5) is 5.69 Å². The second-order valence-corrected chi connectivity index (χ2v) is 3.65. The van der Waals surface area contributed by atoms with Crippen molar-refractivity contribution in [1.82, 2.24) is 0 Å². The number of aliphatic carboxylic acids is 2. The van der Waals surface area contributed by atoms with Gasteiger partial charge >= 0.3 is 11.9 Å². The number of benzene rings is 1. The van der Waals surface area contributed by atoms with Crippen molar-refractivity contribution in [3.63, 3.8) is 0 Å². The molecule has 1 atom stereocenters. The third-order valence-corrected chi connectivity index (χ3v) is 2.10. The van der Waals surface area contributed by atoms with Gasteiger partial charge in [0.05, 0.1) is 7.11 Å². The van der Waals surface area contributed by atoms with Crippen LogP contribution in [0.15, 0.2) is 24.3 Å². The van der Waals surface area contributed by atoms with Crippen molar-refractivity contribution >= 4 is 17.6 Å². The Kier molecular flexibility index (Phi) is 7.71. The first-order chi connectivity index (χ1) is 8.86. The van der Waals surface area contributed by atoms with Crippen LogP contribution in [0.25, 0.3) is 0 Å². The highest BCUT2D eigenvalue weighted by atomic mass is 16.5. The monoisotopic (exact) mass is 270 g/mol. The van der Waals surface area contributed by atoms with Crippen molar-refractivity contribution in [2.75, 3.05) is 12.8 Å². The number of nitrogens with two attached hydrogens (primary N) is 2. The molecule has 0 fully saturated rings. The van der Waals surface area contributed by atoms with Crippen LogP contribution in [0, 0.1) is 0 Å². The zero-order valence-electron chi connectivity index (χ0n) is 10.6. The summed E-state index contributed by atoms with van der Waals surface area (Å²) < 4.78 is 4.91. The number of nitrogen functional groups attached to an aromatic ring is 1. The summed E-state index contributed by atoms with van der Waals surface area (Å²) in [6.45, 7) is 0. The summed E-state index contributed by atoms with van der Waals surface area (Å²) in [4.78, 5) is 19.9. The van der Waals surface area contributed by atoms with Gasteiger partial charge in [-0.3, -0.25) is 9.59 Å². The van der Waals surface area contributed by atoms with E-state index in [4.69, 9.17) is 26.4 Å². The summed E-state index contributed by atoms with van der Waals surface area (Å²) >= 11 is 0. The fourth-order valence-corrected chi connectivity index (χ4v) is 1.01. The first-order valence-corrected chi connectivity index (χ1v) is 5.46. The summed E-state index contributed by atoms with van der Waals surface area (Å²) in [5.41, 5.74) is 11.2. The topological polar surface area (TPSA) is 136 Å². The number of rotatable bonds is 5. The molecule has 1 aromatic rings. The van der Waals surface area contributed by atoms with Gasteiger partial charge in [0.25, 0.3) is 0 Å². The number of carbonyl (C=O) groups is 2. The molecule has 106 valence electrons. The average Bonchev–Trinajstić information content (AvgIpc) is 2.37. The lowest BCUT2D eigenvalue weighted by Crippen LogP contribution is -2.30. The minimum atomic E-state index is -1.17. The van der Waals surface area contributed by atoms with E-state index < -0.39 is 18.0 Å². The molecule has 0 aliphatic heterocycles. The molecule has 0 unspecified atom stereocenters. The molecule has 0 spiro atoms. The number of anilines is 1. The molecule has 19 heavy (non-hydrogen) atoms. The Hall–Kier alpha value is -2.28. The van der Waals surface area contributed by atoms with Gasteiger partial charge in [0.2, 0.25) is 0 Å².